The SMILES string of the molecule is CCCCCCCC[C@@H]1CC[C@@H]2[C@@H]3CC=C4C[C@@H](OC(=O)OC[C@H](C)CC)CC[C@]4(C)[C@@H]3CC[C@]12C. The lowest BCUT2D eigenvalue weighted by molar-refractivity contribution is -0.0568. The molecular weight excluding hydrogens is 444 g/mol. The van der Waals surface area contributed by atoms with Gasteiger partial charge in [0.05, 0.1) is 6.61 Å². The quantitative estimate of drug-likeness (QED) is 0.161. The van der Waals surface area contributed by atoms with Crippen molar-refractivity contribution in [2.24, 2.45) is 40.4 Å². The summed E-state index contributed by atoms with van der Waals surface area (Å²) in [5, 5.41) is 0. The number of allylic oxidation sites excluding steroid dienone is 1. The second-order valence-corrected chi connectivity index (χ2v) is 13.7. The van der Waals surface area contributed by atoms with Crippen LogP contribution in [0.1, 0.15) is 137 Å². The number of hydrogen-bond acceptors (Lipinski definition) is 3. The van der Waals surface area contributed by atoms with Crippen molar-refractivity contribution >= 4 is 6.16 Å². The van der Waals surface area contributed by atoms with Gasteiger partial charge in [-0.1, -0.05) is 91.2 Å². The van der Waals surface area contributed by atoms with Gasteiger partial charge in [0.25, 0.3) is 0 Å². The number of rotatable bonds is 11. The third-order valence-electron chi connectivity index (χ3n) is 11.6. The van der Waals surface area contributed by atoms with E-state index in [9.17, 15) is 4.79 Å². The maximum absolute atomic E-state index is 12.3. The van der Waals surface area contributed by atoms with Crippen LogP contribution in [0, 0.1) is 40.4 Å². The minimum absolute atomic E-state index is 0.00708. The van der Waals surface area contributed by atoms with E-state index in [2.05, 4.69) is 40.7 Å². The van der Waals surface area contributed by atoms with Gasteiger partial charge >= 0.3 is 6.16 Å². The average Bonchev–Trinajstić information content (AvgIpc) is 3.21. The molecule has 4 aliphatic rings. The molecule has 3 nitrogen and oxygen atoms in total. The van der Waals surface area contributed by atoms with Crippen LogP contribution in [0.25, 0.3) is 0 Å². The van der Waals surface area contributed by atoms with Gasteiger partial charge < -0.3 is 9.47 Å². The van der Waals surface area contributed by atoms with Gasteiger partial charge in [0.15, 0.2) is 0 Å². The lowest BCUT2D eigenvalue weighted by Crippen LogP contribution is -2.50. The molecule has 0 saturated heterocycles. The largest absolute Gasteiger partial charge is 0.508 e. The Balaban J connectivity index is 1.32. The number of carbonyl (C=O) groups is 1. The van der Waals surface area contributed by atoms with Gasteiger partial charge in [-0.25, -0.2) is 4.79 Å². The first-order chi connectivity index (χ1) is 17.3. The molecule has 8 atom stereocenters. The van der Waals surface area contributed by atoms with E-state index in [1.165, 1.54) is 77.0 Å². The minimum Gasteiger partial charge on any atom is -0.434 e. The molecule has 0 N–H and O–H groups in total. The Kier molecular flexibility index (Phi) is 9.54. The summed E-state index contributed by atoms with van der Waals surface area (Å²) in [6.45, 7) is 12.2. The first-order valence-electron chi connectivity index (χ1n) is 15.8. The summed E-state index contributed by atoms with van der Waals surface area (Å²) >= 11 is 0. The minimum atomic E-state index is -0.464. The molecule has 36 heavy (non-hydrogen) atoms. The van der Waals surface area contributed by atoms with Gasteiger partial charge in [-0.15, -0.1) is 0 Å². The molecule has 3 saturated carbocycles. The predicted octanol–water partition coefficient (Wildman–Crippen LogP) is 9.88. The van der Waals surface area contributed by atoms with E-state index in [0.29, 0.717) is 23.4 Å². The molecule has 4 aliphatic carbocycles. The molecule has 0 radical (unpaired) electrons. The van der Waals surface area contributed by atoms with Crippen LogP contribution in [0.3, 0.4) is 0 Å². The monoisotopic (exact) mass is 500 g/mol. The summed E-state index contributed by atoms with van der Waals surface area (Å²) in [4.78, 5) is 12.3. The smallest absolute Gasteiger partial charge is 0.434 e. The van der Waals surface area contributed by atoms with Crippen molar-refractivity contribution in [2.75, 3.05) is 6.61 Å². The highest BCUT2D eigenvalue weighted by Gasteiger charge is 2.58. The summed E-state index contributed by atoms with van der Waals surface area (Å²) in [5.41, 5.74) is 2.47. The number of ether oxygens (including phenoxy) is 2. The van der Waals surface area contributed by atoms with Crippen molar-refractivity contribution in [1.29, 1.82) is 0 Å². The summed E-state index contributed by atoms with van der Waals surface area (Å²) in [6, 6.07) is 0. The Hall–Kier alpha value is -0.990. The Morgan fingerprint density at radius 1 is 1.00 bits per heavy atom. The molecule has 206 valence electrons. The first-order valence-corrected chi connectivity index (χ1v) is 15.8. The molecule has 0 aromatic carbocycles. The molecule has 0 aromatic rings. The van der Waals surface area contributed by atoms with Crippen molar-refractivity contribution in [3.63, 3.8) is 0 Å². The van der Waals surface area contributed by atoms with E-state index in [4.69, 9.17) is 9.47 Å². The molecule has 0 spiro atoms. The zero-order valence-corrected chi connectivity index (χ0v) is 24.3. The van der Waals surface area contributed by atoms with Crippen LogP contribution in [0.5, 0.6) is 0 Å². The number of carbonyl (C=O) groups excluding carboxylic acids is 1. The Labute approximate surface area is 222 Å². The van der Waals surface area contributed by atoms with Gasteiger partial charge in [0.1, 0.15) is 6.10 Å². The highest BCUT2D eigenvalue weighted by atomic mass is 16.7. The topological polar surface area (TPSA) is 35.5 Å². The summed E-state index contributed by atoms with van der Waals surface area (Å²) in [7, 11) is 0. The zero-order valence-electron chi connectivity index (χ0n) is 24.3. The molecule has 3 heteroatoms. The molecule has 0 aliphatic heterocycles. The van der Waals surface area contributed by atoms with E-state index in [0.717, 1.165) is 49.4 Å². The van der Waals surface area contributed by atoms with Gasteiger partial charge in [0.2, 0.25) is 0 Å². The average molecular weight is 501 g/mol. The molecule has 0 amide bonds. The van der Waals surface area contributed by atoms with E-state index in [1.807, 2.05) is 0 Å². The second-order valence-electron chi connectivity index (χ2n) is 13.7. The predicted molar refractivity (Wildman–Crippen MR) is 149 cm³/mol. The maximum atomic E-state index is 12.3. The molecule has 3 fully saturated rings. The third kappa shape index (κ3) is 5.85. The molecular formula is C33H56O3. The van der Waals surface area contributed by atoms with Crippen LogP contribution >= 0.6 is 0 Å². The van der Waals surface area contributed by atoms with Gasteiger partial charge in [0, 0.05) is 6.42 Å². The summed E-state index contributed by atoms with van der Waals surface area (Å²) in [6.07, 6.45) is 23.2. The van der Waals surface area contributed by atoms with E-state index in [1.54, 1.807) is 5.57 Å². The lowest BCUT2D eigenvalue weighted by atomic mass is 9.47. The first kappa shape index (κ1) is 28.0. The highest BCUT2D eigenvalue weighted by molar-refractivity contribution is 5.60. The van der Waals surface area contributed by atoms with Crippen molar-refractivity contribution in [2.45, 2.75) is 143 Å². The van der Waals surface area contributed by atoms with E-state index < -0.39 is 6.16 Å². The van der Waals surface area contributed by atoms with Crippen LogP contribution in [0.15, 0.2) is 11.6 Å². The normalized spacial score (nSPS) is 38.4. The van der Waals surface area contributed by atoms with Crippen molar-refractivity contribution in [3.8, 4) is 0 Å². The Morgan fingerprint density at radius 3 is 2.56 bits per heavy atom. The fourth-order valence-electron chi connectivity index (χ4n) is 8.98. The molecule has 0 bridgehead atoms. The summed E-state index contributed by atoms with van der Waals surface area (Å²) < 4.78 is 11.2. The van der Waals surface area contributed by atoms with Crippen molar-refractivity contribution < 1.29 is 14.3 Å². The Bertz CT molecular complexity index is 758. The van der Waals surface area contributed by atoms with Gasteiger partial charge in [-0.05, 0) is 91.8 Å². The van der Waals surface area contributed by atoms with Gasteiger partial charge in [-0.3, -0.25) is 0 Å². The van der Waals surface area contributed by atoms with E-state index in [-0.39, 0.29) is 6.10 Å². The number of unbranched alkanes of at least 4 members (excludes halogenated alkanes) is 5. The molecule has 0 unspecified atom stereocenters. The van der Waals surface area contributed by atoms with Gasteiger partial charge in [-0.2, -0.15) is 0 Å². The maximum Gasteiger partial charge on any atom is 0.508 e. The number of hydrogen-bond donors (Lipinski definition) is 0. The van der Waals surface area contributed by atoms with Crippen LogP contribution in [0.2, 0.25) is 0 Å². The standard InChI is InChI=1S/C33H56O3/c1-6-8-9-10-11-12-13-25-15-17-29-28-16-14-26-22-27(36-31(34)35-23-24(3)7-2)18-20-33(26,5)30(28)19-21-32(25,29)4/h14,24-25,27-30H,6-13,15-23H2,1-5H3/t24-,25-,27+,28+,29-,30-,32-,33+/m1/s1. The van der Waals surface area contributed by atoms with Crippen LogP contribution in [0.4, 0.5) is 4.79 Å². The fraction of sp³-hybridized carbons (Fsp3) is 0.909. The van der Waals surface area contributed by atoms with E-state index >= 15 is 0 Å². The lowest BCUT2D eigenvalue weighted by Gasteiger charge is -2.58. The summed E-state index contributed by atoms with van der Waals surface area (Å²) in [5.74, 6) is 3.95. The molecule has 0 aromatic heterocycles. The molecule has 0 heterocycles. The zero-order chi connectivity index (χ0) is 25.8. The second kappa shape index (κ2) is 12.2. The Morgan fingerprint density at radius 2 is 1.78 bits per heavy atom. The van der Waals surface area contributed by atoms with Crippen LogP contribution < -0.4 is 0 Å². The van der Waals surface area contributed by atoms with Crippen molar-refractivity contribution in [1.82, 2.24) is 0 Å². The highest BCUT2D eigenvalue weighted by Crippen LogP contribution is 2.66. The molecule has 4 rings (SSSR count). The van der Waals surface area contributed by atoms with Crippen LogP contribution in [-0.4, -0.2) is 18.9 Å². The fourth-order valence-corrected chi connectivity index (χ4v) is 8.98. The van der Waals surface area contributed by atoms with Crippen molar-refractivity contribution in [3.05, 3.63) is 11.6 Å². The van der Waals surface area contributed by atoms with Crippen LogP contribution in [-0.2, 0) is 9.47 Å². The number of fused-ring (bicyclic) bond motifs is 5. The third-order valence-corrected chi connectivity index (χ3v) is 11.6.